The fraction of sp³-hybridized carbons (Fsp3) is 0.293. The molecule has 3 N–H and O–H groups in total. The van der Waals surface area contributed by atoms with Crippen molar-refractivity contribution in [3.05, 3.63) is 154 Å². The van der Waals surface area contributed by atoms with Crippen LogP contribution in [0.15, 0.2) is 126 Å². The van der Waals surface area contributed by atoms with Crippen LogP contribution in [-0.4, -0.2) is 72.0 Å². The van der Waals surface area contributed by atoms with Crippen LogP contribution in [0.5, 0.6) is 11.5 Å². The third-order valence-electron chi connectivity index (χ3n) is 9.67. The fourth-order valence-corrected chi connectivity index (χ4v) is 7.00. The summed E-state index contributed by atoms with van der Waals surface area (Å²) in [5.74, 6) is 0.800. The molecule has 0 spiro atoms. The van der Waals surface area contributed by atoms with E-state index in [9.17, 15) is 14.7 Å². The van der Waals surface area contributed by atoms with Gasteiger partial charge in [-0.3, -0.25) is 9.36 Å². The number of nitrogens with zero attached hydrogens (tertiary/aromatic N) is 2. The molecular weight excluding hydrogens is 678 g/mol. The van der Waals surface area contributed by atoms with Crippen molar-refractivity contribution in [2.75, 3.05) is 26.6 Å². The Morgan fingerprint density at radius 2 is 1.45 bits per heavy atom. The minimum atomic E-state index is -1.48. The van der Waals surface area contributed by atoms with Crippen molar-refractivity contribution in [1.29, 1.82) is 0 Å². The van der Waals surface area contributed by atoms with Crippen molar-refractivity contribution in [3.63, 3.8) is 0 Å². The first-order valence-electron chi connectivity index (χ1n) is 17.4. The predicted octanol–water partition coefficient (Wildman–Crippen LogP) is 4.88. The molecule has 7 rings (SSSR count). The molecule has 2 aliphatic heterocycles. The molecule has 2 unspecified atom stereocenters. The summed E-state index contributed by atoms with van der Waals surface area (Å²) in [6, 6.07) is 34.4. The zero-order chi connectivity index (χ0) is 37.0. The van der Waals surface area contributed by atoms with E-state index in [2.05, 4.69) is 4.98 Å². The van der Waals surface area contributed by atoms with Gasteiger partial charge in [0.25, 0.3) is 0 Å². The number of nitrogen functional groups attached to an aromatic ring is 1. The fourth-order valence-electron chi connectivity index (χ4n) is 7.00. The highest BCUT2D eigenvalue weighted by Crippen LogP contribution is 2.45. The number of anilines is 1. The smallest absolute Gasteiger partial charge is 0.351 e. The van der Waals surface area contributed by atoms with Gasteiger partial charge in [0, 0.05) is 24.8 Å². The van der Waals surface area contributed by atoms with Gasteiger partial charge in [0.05, 0.1) is 14.2 Å². The first-order chi connectivity index (χ1) is 25.8. The van der Waals surface area contributed by atoms with Crippen LogP contribution in [0.2, 0.25) is 0 Å². The van der Waals surface area contributed by atoms with Gasteiger partial charge in [-0.25, -0.2) is 4.79 Å². The Morgan fingerprint density at radius 3 is 2.00 bits per heavy atom. The monoisotopic (exact) mass is 719 g/mol. The van der Waals surface area contributed by atoms with Gasteiger partial charge in [-0.15, -0.1) is 0 Å². The van der Waals surface area contributed by atoms with Crippen molar-refractivity contribution < 1.29 is 38.3 Å². The molecule has 0 amide bonds. The van der Waals surface area contributed by atoms with E-state index in [0.29, 0.717) is 46.8 Å². The van der Waals surface area contributed by atoms with Crippen LogP contribution < -0.4 is 20.9 Å². The third-order valence-corrected chi connectivity index (χ3v) is 9.67. The van der Waals surface area contributed by atoms with E-state index in [1.165, 1.54) is 16.8 Å². The van der Waals surface area contributed by atoms with Crippen molar-refractivity contribution in [1.82, 2.24) is 9.55 Å². The second-order valence-corrected chi connectivity index (χ2v) is 12.8. The lowest BCUT2D eigenvalue weighted by atomic mass is 9.79. The first-order valence-corrected chi connectivity index (χ1v) is 17.4. The average molecular weight is 720 g/mol. The van der Waals surface area contributed by atoms with Gasteiger partial charge in [0.2, 0.25) is 0 Å². The van der Waals surface area contributed by atoms with Crippen LogP contribution in [-0.2, 0) is 24.5 Å². The lowest BCUT2D eigenvalue weighted by molar-refractivity contribution is -0.182. The number of benzene rings is 4. The number of aliphatic hydroxyl groups is 1. The number of hydrogen-bond acceptors (Lipinski definition) is 11. The summed E-state index contributed by atoms with van der Waals surface area (Å²) in [5.41, 5.74) is 5.98. The summed E-state index contributed by atoms with van der Waals surface area (Å²) < 4.78 is 38.2. The Labute approximate surface area is 306 Å². The Morgan fingerprint density at radius 1 is 0.868 bits per heavy atom. The normalized spacial score (nSPS) is 22.0. The molecule has 3 heterocycles. The highest BCUT2D eigenvalue weighted by atomic mass is 16.7. The maximum atomic E-state index is 14.9. The largest absolute Gasteiger partial charge is 0.497 e. The second-order valence-electron chi connectivity index (χ2n) is 12.8. The van der Waals surface area contributed by atoms with E-state index in [1.54, 1.807) is 44.6 Å². The third kappa shape index (κ3) is 7.19. The summed E-state index contributed by atoms with van der Waals surface area (Å²) in [6.45, 7) is 0.480. The molecule has 6 atom stereocenters. The zero-order valence-corrected chi connectivity index (χ0v) is 29.3. The van der Waals surface area contributed by atoms with Crippen molar-refractivity contribution >= 4 is 11.6 Å². The number of rotatable bonds is 13. The van der Waals surface area contributed by atoms with Crippen LogP contribution in [0.1, 0.15) is 46.1 Å². The van der Waals surface area contributed by atoms with Gasteiger partial charge in [0.1, 0.15) is 41.2 Å². The number of nitrogens with two attached hydrogens (primary N) is 1. The minimum absolute atomic E-state index is 0.0185. The summed E-state index contributed by atoms with van der Waals surface area (Å²) in [6.07, 6.45) is -4.60. The minimum Gasteiger partial charge on any atom is -0.497 e. The van der Waals surface area contributed by atoms with E-state index in [-0.39, 0.29) is 5.82 Å². The molecule has 5 aromatic rings. The summed E-state index contributed by atoms with van der Waals surface area (Å²) in [7, 11) is 3.17. The summed E-state index contributed by atoms with van der Waals surface area (Å²) in [5, 5.41) is 12.3. The number of aliphatic hydroxyl groups excluding tert-OH is 1. The number of carbonyl (C=O) groups excluding carboxylic acids is 1. The average Bonchev–Trinajstić information content (AvgIpc) is 3.84. The van der Waals surface area contributed by atoms with Gasteiger partial charge in [0.15, 0.2) is 24.4 Å². The van der Waals surface area contributed by atoms with Crippen LogP contribution in [0.4, 0.5) is 5.82 Å². The maximum absolute atomic E-state index is 14.9. The van der Waals surface area contributed by atoms with Gasteiger partial charge in [-0.1, -0.05) is 84.9 Å². The van der Waals surface area contributed by atoms with Crippen LogP contribution in [0.25, 0.3) is 0 Å². The maximum Gasteiger partial charge on any atom is 0.351 e. The molecule has 274 valence electrons. The lowest BCUT2D eigenvalue weighted by Crippen LogP contribution is -2.50. The molecule has 53 heavy (non-hydrogen) atoms. The molecule has 4 aromatic carbocycles. The predicted molar refractivity (Wildman–Crippen MR) is 195 cm³/mol. The quantitative estimate of drug-likeness (QED) is 0.126. The van der Waals surface area contributed by atoms with Gasteiger partial charge in [-0.05, 0) is 53.4 Å². The van der Waals surface area contributed by atoms with Crippen LogP contribution >= 0.6 is 0 Å². The number of ketones is 1. The van der Waals surface area contributed by atoms with E-state index < -0.39 is 54.0 Å². The Bertz CT molecular complexity index is 1990. The molecule has 2 saturated heterocycles. The Kier molecular flexibility index (Phi) is 10.7. The van der Waals surface area contributed by atoms with Gasteiger partial charge >= 0.3 is 5.69 Å². The molecule has 0 aliphatic carbocycles. The number of ether oxygens (including phenoxy) is 6. The van der Waals surface area contributed by atoms with Crippen molar-refractivity contribution in [2.45, 2.75) is 55.4 Å². The summed E-state index contributed by atoms with van der Waals surface area (Å²) in [4.78, 5) is 32.1. The highest BCUT2D eigenvalue weighted by molar-refractivity contribution is 6.00. The standard InChI is InChI=1S/C41H41N3O9/c1-48-30-19-15-28(16-20-30)41(27-12-7-4-8-13-27,29-17-21-31(49-2)22-18-29)53-37(34(45)26-10-5-3-6-11-26)36-35(46)38(51-33-14-9-25-50-33)39(52-36)44-24-23-32(42)43-40(44)47/h3-8,10-13,15-24,33,35-39,46H,9,14,25H2,1-2H3,(H2,42,43,47)/t33?,35-,36+,37?,38-,39-/m1/s1. The summed E-state index contributed by atoms with van der Waals surface area (Å²) >= 11 is 0. The van der Waals surface area contributed by atoms with E-state index in [0.717, 1.165) is 6.42 Å². The molecular formula is C41H41N3O9. The first kappa shape index (κ1) is 36.0. The molecule has 2 fully saturated rings. The number of hydrogen-bond donors (Lipinski definition) is 2. The Hall–Kier alpha value is -5.37. The molecule has 12 heteroatoms. The SMILES string of the molecule is COc1ccc(C(OC(C(=O)c2ccccc2)[C@H]2O[C@@H](n3ccc(N)nc3=O)[C@H](OC3CCCO3)[C@@H]2O)(c2ccccc2)c2ccc(OC)cc2)cc1. The molecule has 12 nitrogen and oxygen atoms in total. The second kappa shape index (κ2) is 15.7. The molecule has 0 radical (unpaired) electrons. The number of Topliss-reactive ketones (excluding diaryl/α,β-unsaturated/α-hetero) is 1. The van der Waals surface area contributed by atoms with Gasteiger partial charge < -0.3 is 39.3 Å². The molecule has 2 aliphatic rings. The number of methoxy groups -OCH3 is 2. The molecule has 1 aromatic heterocycles. The van der Waals surface area contributed by atoms with E-state index >= 15 is 0 Å². The van der Waals surface area contributed by atoms with E-state index in [4.69, 9.17) is 34.2 Å². The van der Waals surface area contributed by atoms with E-state index in [1.807, 2.05) is 78.9 Å². The highest BCUT2D eigenvalue weighted by Gasteiger charge is 2.55. The number of carbonyl (C=O) groups is 1. The molecule has 0 saturated carbocycles. The zero-order valence-electron chi connectivity index (χ0n) is 29.3. The lowest BCUT2D eigenvalue weighted by Gasteiger charge is -2.40. The topological polar surface area (TPSA) is 154 Å². The van der Waals surface area contributed by atoms with Gasteiger partial charge in [-0.2, -0.15) is 4.98 Å². The van der Waals surface area contributed by atoms with Crippen molar-refractivity contribution in [3.8, 4) is 11.5 Å². The van der Waals surface area contributed by atoms with Crippen molar-refractivity contribution in [2.24, 2.45) is 0 Å². The van der Waals surface area contributed by atoms with Crippen LogP contribution in [0, 0.1) is 0 Å². The molecule has 0 bridgehead atoms. The number of aromatic nitrogens is 2. The Balaban J connectivity index is 1.42. The van der Waals surface area contributed by atoms with Crippen LogP contribution in [0.3, 0.4) is 0 Å².